The van der Waals surface area contributed by atoms with Crippen molar-refractivity contribution in [3.63, 3.8) is 0 Å². The fourth-order valence-electron chi connectivity index (χ4n) is 1.04. The molecule has 1 atom stereocenters. The lowest BCUT2D eigenvalue weighted by Crippen LogP contribution is -1.97. The first-order valence-corrected chi connectivity index (χ1v) is 7.41. The Bertz CT molecular complexity index is 321. The first kappa shape index (κ1) is 11.0. The summed E-state index contributed by atoms with van der Waals surface area (Å²) in [5.41, 5.74) is 0.876. The van der Waals surface area contributed by atoms with Crippen molar-refractivity contribution in [3.05, 3.63) is 35.9 Å². The lowest BCUT2D eigenvalue weighted by Gasteiger charge is -2.02. The Labute approximate surface area is 87.4 Å². The van der Waals surface area contributed by atoms with Gasteiger partial charge in [0.25, 0.3) is 0 Å². The Morgan fingerprint density at radius 3 is 2.50 bits per heavy atom. The maximum Gasteiger partial charge on any atom is 0.140 e. The van der Waals surface area contributed by atoms with Crippen LogP contribution in [0.15, 0.2) is 30.3 Å². The molecule has 1 N–H and O–H groups in total. The van der Waals surface area contributed by atoms with E-state index in [4.69, 9.17) is 0 Å². The first-order valence-electron chi connectivity index (χ1n) is 4.70. The van der Waals surface area contributed by atoms with Gasteiger partial charge in [-0.3, -0.25) is 0 Å². The summed E-state index contributed by atoms with van der Waals surface area (Å²) >= 11 is 0. The maximum absolute atomic E-state index is 9.67. The number of hydrogen-bond donors (Lipinski definition) is 1. The van der Waals surface area contributed by atoms with Gasteiger partial charge in [0.05, 0.1) is 8.80 Å². The van der Waals surface area contributed by atoms with Crippen LogP contribution in [-0.4, -0.2) is 13.9 Å². The Balaban J connectivity index is 2.57. The van der Waals surface area contributed by atoms with E-state index in [0.717, 1.165) is 11.6 Å². The van der Waals surface area contributed by atoms with E-state index >= 15 is 0 Å². The Kier molecular flexibility index (Phi) is 4.44. The molecule has 14 heavy (non-hydrogen) atoms. The summed E-state index contributed by atoms with van der Waals surface area (Å²) in [5, 5.41) is 9.67. The van der Waals surface area contributed by atoms with Gasteiger partial charge in [-0.2, -0.15) is 0 Å². The van der Waals surface area contributed by atoms with Gasteiger partial charge >= 0.3 is 0 Å². The summed E-state index contributed by atoms with van der Waals surface area (Å²) in [5.74, 6) is 5.89. The van der Waals surface area contributed by atoms with Gasteiger partial charge in [0.1, 0.15) is 6.10 Å². The standard InChI is InChI=1S/C12H15OSi/c1-14(2)10-6-9-12(13)11-7-4-3-5-8-11/h3-5,7-8,12-13H,10H2,1-2H3. The van der Waals surface area contributed by atoms with E-state index in [9.17, 15) is 5.11 Å². The minimum absolute atomic E-state index is 0.296. The van der Waals surface area contributed by atoms with E-state index in [-0.39, 0.29) is 8.80 Å². The highest BCUT2D eigenvalue weighted by atomic mass is 28.3. The van der Waals surface area contributed by atoms with Crippen LogP contribution in [0.1, 0.15) is 11.7 Å². The van der Waals surface area contributed by atoms with E-state index in [1.807, 2.05) is 30.3 Å². The molecule has 0 aromatic heterocycles. The molecule has 2 heteroatoms. The topological polar surface area (TPSA) is 20.2 Å². The van der Waals surface area contributed by atoms with Crippen molar-refractivity contribution in [2.45, 2.75) is 25.2 Å². The zero-order chi connectivity index (χ0) is 10.4. The number of benzene rings is 1. The predicted molar refractivity (Wildman–Crippen MR) is 61.5 cm³/mol. The molecule has 0 spiro atoms. The second-order valence-corrected chi connectivity index (χ2v) is 6.29. The van der Waals surface area contributed by atoms with E-state index in [1.165, 1.54) is 0 Å². The van der Waals surface area contributed by atoms with Crippen LogP contribution in [0, 0.1) is 11.8 Å². The normalized spacial score (nSPS) is 12.0. The summed E-state index contributed by atoms with van der Waals surface area (Å²) in [6.07, 6.45) is -0.627. The Morgan fingerprint density at radius 2 is 1.93 bits per heavy atom. The molecule has 0 aliphatic carbocycles. The molecule has 0 aliphatic heterocycles. The van der Waals surface area contributed by atoms with Gasteiger partial charge < -0.3 is 5.11 Å². The molecule has 1 rings (SSSR count). The van der Waals surface area contributed by atoms with Gasteiger partial charge in [0, 0.05) is 6.04 Å². The first-order chi connectivity index (χ1) is 6.70. The zero-order valence-electron chi connectivity index (χ0n) is 8.62. The van der Waals surface area contributed by atoms with Gasteiger partial charge in [-0.15, -0.1) is 5.92 Å². The highest BCUT2D eigenvalue weighted by molar-refractivity contribution is 6.56. The van der Waals surface area contributed by atoms with Crippen LogP contribution in [0.3, 0.4) is 0 Å². The molecule has 1 nitrogen and oxygen atoms in total. The fourth-order valence-corrected chi connectivity index (χ4v) is 1.50. The molecule has 1 unspecified atom stereocenters. The molecule has 0 bridgehead atoms. The predicted octanol–water partition coefficient (Wildman–Crippen LogP) is 2.48. The average Bonchev–Trinajstić information content (AvgIpc) is 2.18. The van der Waals surface area contributed by atoms with Crippen LogP contribution in [0.25, 0.3) is 0 Å². The zero-order valence-corrected chi connectivity index (χ0v) is 9.62. The second kappa shape index (κ2) is 5.64. The molecule has 1 radical (unpaired) electrons. The monoisotopic (exact) mass is 203 g/mol. The van der Waals surface area contributed by atoms with Crippen molar-refractivity contribution >= 4 is 8.80 Å². The van der Waals surface area contributed by atoms with Gasteiger partial charge in [-0.1, -0.05) is 49.3 Å². The van der Waals surface area contributed by atoms with Crippen molar-refractivity contribution in [1.82, 2.24) is 0 Å². The van der Waals surface area contributed by atoms with Crippen molar-refractivity contribution in [1.29, 1.82) is 0 Å². The Morgan fingerprint density at radius 1 is 1.29 bits per heavy atom. The number of hydrogen-bond acceptors (Lipinski definition) is 1. The van der Waals surface area contributed by atoms with Gasteiger partial charge in [0.2, 0.25) is 0 Å². The SMILES string of the molecule is C[Si](C)CC#CC(O)c1ccccc1. The lowest BCUT2D eigenvalue weighted by atomic mass is 10.1. The van der Waals surface area contributed by atoms with Gasteiger partial charge in [0.15, 0.2) is 0 Å². The second-order valence-electron chi connectivity index (χ2n) is 3.52. The smallest absolute Gasteiger partial charge is 0.140 e. The number of rotatable bonds is 2. The highest BCUT2D eigenvalue weighted by Gasteiger charge is 2.00. The summed E-state index contributed by atoms with van der Waals surface area (Å²) in [6, 6.07) is 10.5. The third-order valence-corrected chi connectivity index (χ3v) is 2.68. The van der Waals surface area contributed by atoms with E-state index in [1.54, 1.807) is 0 Å². The van der Waals surface area contributed by atoms with Crippen molar-refractivity contribution in [2.75, 3.05) is 0 Å². The van der Waals surface area contributed by atoms with Gasteiger partial charge in [-0.05, 0) is 5.56 Å². The molecular weight excluding hydrogens is 188 g/mol. The lowest BCUT2D eigenvalue weighted by molar-refractivity contribution is 0.238. The summed E-state index contributed by atoms with van der Waals surface area (Å²) in [6.45, 7) is 4.43. The third kappa shape index (κ3) is 3.78. The minimum atomic E-state index is -0.627. The van der Waals surface area contributed by atoms with Gasteiger partial charge in [-0.25, -0.2) is 0 Å². The number of aliphatic hydroxyl groups excluding tert-OH is 1. The Hall–Kier alpha value is -1.04. The molecule has 0 saturated heterocycles. The molecule has 1 aromatic rings. The molecule has 0 saturated carbocycles. The van der Waals surface area contributed by atoms with E-state index in [2.05, 4.69) is 24.9 Å². The van der Waals surface area contributed by atoms with Crippen molar-refractivity contribution in [2.24, 2.45) is 0 Å². The summed E-state index contributed by atoms with van der Waals surface area (Å²) < 4.78 is 0. The summed E-state index contributed by atoms with van der Waals surface area (Å²) in [4.78, 5) is 0. The third-order valence-electron chi connectivity index (χ3n) is 1.80. The molecule has 0 amide bonds. The summed E-state index contributed by atoms with van der Waals surface area (Å²) in [7, 11) is -0.296. The van der Waals surface area contributed by atoms with Crippen LogP contribution < -0.4 is 0 Å². The molecule has 0 aliphatic rings. The van der Waals surface area contributed by atoms with E-state index in [0.29, 0.717) is 0 Å². The van der Waals surface area contributed by atoms with Crippen LogP contribution in [0.2, 0.25) is 19.1 Å². The van der Waals surface area contributed by atoms with Crippen LogP contribution in [0.4, 0.5) is 0 Å². The quantitative estimate of drug-likeness (QED) is 0.578. The van der Waals surface area contributed by atoms with Crippen molar-refractivity contribution < 1.29 is 5.11 Å². The molecule has 0 heterocycles. The van der Waals surface area contributed by atoms with E-state index < -0.39 is 6.10 Å². The maximum atomic E-state index is 9.67. The molecular formula is C12H15OSi. The number of aliphatic hydroxyl groups is 1. The largest absolute Gasteiger partial charge is 0.376 e. The molecule has 73 valence electrons. The average molecular weight is 203 g/mol. The fraction of sp³-hybridized carbons (Fsp3) is 0.333. The molecule has 1 aromatic carbocycles. The molecule has 0 fully saturated rings. The van der Waals surface area contributed by atoms with Crippen LogP contribution in [0.5, 0.6) is 0 Å². The highest BCUT2D eigenvalue weighted by Crippen LogP contribution is 2.10. The van der Waals surface area contributed by atoms with Crippen LogP contribution in [-0.2, 0) is 0 Å². The minimum Gasteiger partial charge on any atom is -0.376 e. The van der Waals surface area contributed by atoms with Crippen molar-refractivity contribution in [3.8, 4) is 11.8 Å². The van der Waals surface area contributed by atoms with Crippen LogP contribution >= 0.6 is 0 Å².